The second kappa shape index (κ2) is 8.93. The molecule has 26 heavy (non-hydrogen) atoms. The van der Waals surface area contributed by atoms with Gasteiger partial charge in [0, 0.05) is 19.6 Å². The molecule has 144 valence electrons. The van der Waals surface area contributed by atoms with Crippen LogP contribution in [0.15, 0.2) is 24.3 Å². The Hall–Kier alpha value is -1.50. The molecule has 0 unspecified atom stereocenters. The summed E-state index contributed by atoms with van der Waals surface area (Å²) in [7, 11) is 0. The van der Waals surface area contributed by atoms with Gasteiger partial charge in [0.15, 0.2) is 0 Å². The highest BCUT2D eigenvalue weighted by molar-refractivity contribution is 5.78. The van der Waals surface area contributed by atoms with E-state index in [0.717, 1.165) is 31.7 Å². The maximum Gasteiger partial charge on any atom is 0.234 e. The van der Waals surface area contributed by atoms with Crippen LogP contribution in [-0.2, 0) is 9.53 Å². The molecule has 1 aromatic rings. The highest BCUT2D eigenvalue weighted by atomic mass is 19.1. The molecule has 0 bridgehead atoms. The third-order valence-electron chi connectivity index (χ3n) is 5.19. The fraction of sp³-hybridized carbons (Fsp3) is 0.650. The Kier molecular flexibility index (Phi) is 6.62. The monoisotopic (exact) mass is 363 g/mol. The maximum absolute atomic E-state index is 13.3. The van der Waals surface area contributed by atoms with Crippen LogP contribution in [0.25, 0.3) is 0 Å². The lowest BCUT2D eigenvalue weighted by atomic mass is 10.1. The van der Waals surface area contributed by atoms with Crippen LogP contribution in [0.1, 0.15) is 38.3 Å². The number of hydrogen-bond acceptors (Lipinski definition) is 4. The topological polar surface area (TPSA) is 44.8 Å². The summed E-state index contributed by atoms with van der Waals surface area (Å²) in [6.45, 7) is 8.65. The highest BCUT2D eigenvalue weighted by Gasteiger charge is 2.26. The number of carbonyl (C=O) groups is 1. The third kappa shape index (κ3) is 5.25. The van der Waals surface area contributed by atoms with E-state index in [1.165, 1.54) is 25.0 Å². The van der Waals surface area contributed by atoms with Crippen molar-refractivity contribution in [3.63, 3.8) is 0 Å². The first kappa shape index (κ1) is 19.3. The average molecular weight is 363 g/mol. The molecule has 0 radical (unpaired) electrons. The first-order chi connectivity index (χ1) is 12.5. The second-order valence-corrected chi connectivity index (χ2v) is 7.57. The van der Waals surface area contributed by atoms with Crippen molar-refractivity contribution in [2.75, 3.05) is 39.3 Å². The molecule has 0 spiro atoms. The minimum atomic E-state index is -0.228. The van der Waals surface area contributed by atoms with Gasteiger partial charge in [-0.2, -0.15) is 0 Å². The van der Waals surface area contributed by atoms with E-state index in [0.29, 0.717) is 13.1 Å². The van der Waals surface area contributed by atoms with Crippen LogP contribution in [0.4, 0.5) is 4.39 Å². The van der Waals surface area contributed by atoms with Crippen LogP contribution in [0.5, 0.6) is 0 Å². The lowest BCUT2D eigenvalue weighted by Crippen LogP contribution is -2.49. The molecule has 5 nitrogen and oxygen atoms in total. The molecule has 2 saturated heterocycles. The SMILES string of the molecule is C[C@@H]1CN(CC(=O)NC[C@@H](c2ccc(F)cc2)N2CCCC2)C[C@H](C)O1. The Morgan fingerprint density at radius 3 is 2.42 bits per heavy atom. The van der Waals surface area contributed by atoms with Gasteiger partial charge in [-0.05, 0) is 57.5 Å². The Morgan fingerprint density at radius 1 is 1.19 bits per heavy atom. The molecular formula is C20H30FN3O2. The van der Waals surface area contributed by atoms with E-state index in [2.05, 4.69) is 15.1 Å². The Morgan fingerprint density at radius 2 is 1.81 bits per heavy atom. The molecule has 6 heteroatoms. The summed E-state index contributed by atoms with van der Waals surface area (Å²) in [6.07, 6.45) is 2.66. The van der Waals surface area contributed by atoms with Crippen LogP contribution in [0.2, 0.25) is 0 Å². The molecule has 3 atom stereocenters. The van der Waals surface area contributed by atoms with Crippen molar-refractivity contribution in [3.05, 3.63) is 35.6 Å². The van der Waals surface area contributed by atoms with Crippen molar-refractivity contribution in [2.24, 2.45) is 0 Å². The number of rotatable bonds is 6. The molecule has 2 aliphatic rings. The van der Waals surface area contributed by atoms with E-state index in [1.807, 2.05) is 26.0 Å². The number of ether oxygens (including phenoxy) is 1. The summed E-state index contributed by atoms with van der Waals surface area (Å²) in [5.74, 6) is -0.189. The number of amides is 1. The second-order valence-electron chi connectivity index (χ2n) is 7.57. The Labute approximate surface area is 155 Å². The van der Waals surface area contributed by atoms with Crippen molar-refractivity contribution in [3.8, 4) is 0 Å². The molecule has 2 heterocycles. The standard InChI is InChI=1S/C20H30FN3O2/c1-15-12-23(13-16(2)26-15)14-20(25)22-11-19(24-9-3-4-10-24)17-5-7-18(21)8-6-17/h5-8,15-16,19H,3-4,9-14H2,1-2H3,(H,22,25)/t15-,16+,19-/m0/s1. The molecule has 3 rings (SSSR count). The van der Waals surface area contributed by atoms with Crippen molar-refractivity contribution in [2.45, 2.75) is 44.9 Å². The van der Waals surface area contributed by atoms with E-state index in [4.69, 9.17) is 4.74 Å². The fourth-order valence-corrected chi connectivity index (χ4v) is 4.08. The average Bonchev–Trinajstić information content (AvgIpc) is 3.10. The molecule has 0 saturated carbocycles. The van der Waals surface area contributed by atoms with Crippen molar-refractivity contribution in [1.29, 1.82) is 0 Å². The van der Waals surface area contributed by atoms with E-state index in [-0.39, 0.29) is 30.0 Å². The molecular weight excluding hydrogens is 333 g/mol. The Bertz CT molecular complexity index is 579. The molecule has 0 aliphatic carbocycles. The molecule has 1 amide bonds. The first-order valence-corrected chi connectivity index (χ1v) is 9.65. The molecule has 1 aromatic carbocycles. The number of morpholine rings is 1. The summed E-state index contributed by atoms with van der Waals surface area (Å²) in [5, 5.41) is 3.09. The number of likely N-dealkylation sites (tertiary alicyclic amines) is 1. The third-order valence-corrected chi connectivity index (χ3v) is 5.19. The van der Waals surface area contributed by atoms with Gasteiger partial charge in [-0.15, -0.1) is 0 Å². The molecule has 2 fully saturated rings. The van der Waals surface area contributed by atoms with Crippen LogP contribution in [0.3, 0.4) is 0 Å². The lowest BCUT2D eigenvalue weighted by Gasteiger charge is -2.35. The summed E-state index contributed by atoms with van der Waals surface area (Å²) in [5.41, 5.74) is 1.06. The van der Waals surface area contributed by atoms with Gasteiger partial charge in [-0.1, -0.05) is 12.1 Å². The molecule has 0 aromatic heterocycles. The number of halogens is 1. The van der Waals surface area contributed by atoms with Gasteiger partial charge in [0.2, 0.25) is 5.91 Å². The van der Waals surface area contributed by atoms with Crippen molar-refractivity contribution < 1.29 is 13.9 Å². The van der Waals surface area contributed by atoms with Crippen LogP contribution >= 0.6 is 0 Å². The van der Waals surface area contributed by atoms with Crippen LogP contribution in [0, 0.1) is 5.82 Å². The predicted molar refractivity (Wildman–Crippen MR) is 99.4 cm³/mol. The molecule has 1 N–H and O–H groups in total. The maximum atomic E-state index is 13.3. The van der Waals surface area contributed by atoms with E-state index >= 15 is 0 Å². The largest absolute Gasteiger partial charge is 0.373 e. The first-order valence-electron chi connectivity index (χ1n) is 9.65. The van der Waals surface area contributed by atoms with Crippen molar-refractivity contribution in [1.82, 2.24) is 15.1 Å². The van der Waals surface area contributed by atoms with Crippen LogP contribution < -0.4 is 5.32 Å². The van der Waals surface area contributed by atoms with Gasteiger partial charge in [0.1, 0.15) is 5.82 Å². The summed E-state index contributed by atoms with van der Waals surface area (Å²) < 4.78 is 19.0. The van der Waals surface area contributed by atoms with E-state index < -0.39 is 0 Å². The predicted octanol–water partition coefficient (Wildman–Crippen LogP) is 2.19. The smallest absolute Gasteiger partial charge is 0.234 e. The normalized spacial score (nSPS) is 26.0. The number of carbonyl (C=O) groups excluding carboxylic acids is 1. The molecule has 2 aliphatic heterocycles. The quantitative estimate of drug-likeness (QED) is 0.842. The van der Waals surface area contributed by atoms with Gasteiger partial charge in [0.25, 0.3) is 0 Å². The van der Waals surface area contributed by atoms with Gasteiger partial charge in [-0.3, -0.25) is 14.6 Å². The lowest BCUT2D eigenvalue weighted by molar-refractivity contribution is -0.126. The van der Waals surface area contributed by atoms with Gasteiger partial charge < -0.3 is 10.1 Å². The number of nitrogens with zero attached hydrogens (tertiary/aromatic N) is 2. The minimum absolute atomic E-state index is 0.0395. The zero-order valence-corrected chi connectivity index (χ0v) is 15.8. The minimum Gasteiger partial charge on any atom is -0.373 e. The van der Waals surface area contributed by atoms with E-state index in [9.17, 15) is 9.18 Å². The van der Waals surface area contributed by atoms with Crippen molar-refractivity contribution >= 4 is 5.91 Å². The van der Waals surface area contributed by atoms with Gasteiger partial charge in [-0.25, -0.2) is 4.39 Å². The fourth-order valence-electron chi connectivity index (χ4n) is 4.08. The van der Waals surface area contributed by atoms with E-state index in [1.54, 1.807) is 0 Å². The zero-order chi connectivity index (χ0) is 18.5. The Balaban J connectivity index is 1.56. The number of benzene rings is 1. The van der Waals surface area contributed by atoms with Gasteiger partial charge >= 0.3 is 0 Å². The number of hydrogen-bond donors (Lipinski definition) is 1. The number of nitrogens with one attached hydrogen (secondary N) is 1. The summed E-state index contributed by atoms with van der Waals surface area (Å²) in [6, 6.07) is 6.75. The highest BCUT2D eigenvalue weighted by Crippen LogP contribution is 2.24. The van der Waals surface area contributed by atoms with Crippen LogP contribution in [-0.4, -0.2) is 67.2 Å². The van der Waals surface area contributed by atoms with Gasteiger partial charge in [0.05, 0.1) is 24.8 Å². The zero-order valence-electron chi connectivity index (χ0n) is 15.8. The summed E-state index contributed by atoms with van der Waals surface area (Å²) >= 11 is 0. The summed E-state index contributed by atoms with van der Waals surface area (Å²) in [4.78, 5) is 17.0.